The number of nitrogens with zero attached hydrogens (tertiary/aromatic N) is 1. The molecule has 0 aliphatic rings. The fraction of sp³-hybridized carbons (Fsp3) is 0.391. The van der Waals surface area contributed by atoms with E-state index in [2.05, 4.69) is 4.98 Å². The smallest absolute Gasteiger partial charge is 0.383 e. The summed E-state index contributed by atoms with van der Waals surface area (Å²) >= 11 is 1.45. The van der Waals surface area contributed by atoms with Crippen LogP contribution in [0.3, 0.4) is 0 Å². The van der Waals surface area contributed by atoms with Gasteiger partial charge in [0.25, 0.3) is 5.69 Å². The minimum Gasteiger partial charge on any atom is -0.383 e. The first-order valence-electron chi connectivity index (χ1n) is 10.2. The molecule has 1 aromatic carbocycles. The summed E-state index contributed by atoms with van der Waals surface area (Å²) in [7, 11) is 0. The normalized spacial score (nSPS) is 14.2. The van der Waals surface area contributed by atoms with E-state index in [1.54, 1.807) is 6.92 Å². The third-order valence-electron chi connectivity index (χ3n) is 4.26. The van der Waals surface area contributed by atoms with Crippen LogP contribution in [0.4, 0.5) is 18.9 Å². The number of aliphatic hydroxyl groups is 1. The molecule has 0 amide bonds. The van der Waals surface area contributed by atoms with E-state index in [0.29, 0.717) is 17.5 Å². The van der Waals surface area contributed by atoms with Crippen LogP contribution in [-0.2, 0) is 11.8 Å². The second kappa shape index (κ2) is 12.5. The van der Waals surface area contributed by atoms with E-state index in [1.165, 1.54) is 17.8 Å². The van der Waals surface area contributed by atoms with E-state index >= 15 is 0 Å². The van der Waals surface area contributed by atoms with E-state index in [0.717, 1.165) is 12.5 Å². The van der Waals surface area contributed by atoms with Gasteiger partial charge in [-0.2, -0.15) is 24.9 Å². The van der Waals surface area contributed by atoms with Crippen molar-refractivity contribution >= 4 is 28.4 Å². The SMILES string of the molecule is CC.CC\C=C/C=C\C=C\CSCC(C)(O)c1cc2cc([N+](=O)[O-])c(C(F)(F)F)cc2[nH]1. The maximum Gasteiger partial charge on any atom is 0.423 e. The van der Waals surface area contributed by atoms with Crippen molar-refractivity contribution in [1.29, 1.82) is 0 Å². The molecule has 0 saturated carbocycles. The van der Waals surface area contributed by atoms with Gasteiger partial charge in [-0.1, -0.05) is 57.2 Å². The van der Waals surface area contributed by atoms with Crippen LogP contribution in [0.25, 0.3) is 10.9 Å². The molecule has 0 aliphatic heterocycles. The molecule has 5 nitrogen and oxygen atoms in total. The number of H-pyrrole nitrogens is 1. The third-order valence-corrected chi connectivity index (χ3v) is 5.45. The fourth-order valence-electron chi connectivity index (χ4n) is 2.72. The van der Waals surface area contributed by atoms with E-state index in [9.17, 15) is 28.4 Å². The maximum atomic E-state index is 13.1. The summed E-state index contributed by atoms with van der Waals surface area (Å²) in [5.41, 5.74) is -3.30. The van der Waals surface area contributed by atoms with Gasteiger partial charge in [0.15, 0.2) is 0 Å². The highest BCUT2D eigenvalue weighted by Crippen LogP contribution is 2.39. The lowest BCUT2D eigenvalue weighted by molar-refractivity contribution is -0.387. The van der Waals surface area contributed by atoms with Gasteiger partial charge in [-0.05, 0) is 25.5 Å². The number of thioether (sulfide) groups is 1. The number of hydrogen-bond donors (Lipinski definition) is 2. The Bertz CT molecular complexity index is 977. The Morgan fingerprint density at radius 1 is 1.12 bits per heavy atom. The van der Waals surface area contributed by atoms with Crippen molar-refractivity contribution in [3.8, 4) is 0 Å². The average molecular weight is 471 g/mol. The predicted octanol–water partition coefficient (Wildman–Crippen LogP) is 7.14. The Kier molecular flexibility index (Phi) is 10.7. The molecule has 2 N–H and O–H groups in total. The predicted molar refractivity (Wildman–Crippen MR) is 126 cm³/mol. The second-order valence-corrected chi connectivity index (χ2v) is 7.86. The number of allylic oxidation sites excluding steroid dienone is 5. The van der Waals surface area contributed by atoms with Gasteiger partial charge in [-0.3, -0.25) is 10.1 Å². The number of benzene rings is 1. The van der Waals surface area contributed by atoms with Crippen molar-refractivity contribution in [3.63, 3.8) is 0 Å². The number of fused-ring (bicyclic) bond motifs is 1. The van der Waals surface area contributed by atoms with Crippen LogP contribution < -0.4 is 0 Å². The minimum atomic E-state index is -4.85. The topological polar surface area (TPSA) is 79.2 Å². The first kappa shape index (κ1) is 27.5. The Hall–Kier alpha value is -2.52. The number of nitro groups is 1. The van der Waals surface area contributed by atoms with E-state index < -0.39 is 28.0 Å². The molecule has 0 radical (unpaired) electrons. The maximum absolute atomic E-state index is 13.1. The van der Waals surface area contributed by atoms with Crippen LogP contribution in [0.2, 0.25) is 0 Å². The third kappa shape index (κ3) is 7.87. The van der Waals surface area contributed by atoms with Gasteiger partial charge in [0, 0.05) is 34.2 Å². The molecule has 1 heterocycles. The highest BCUT2D eigenvalue weighted by atomic mass is 32.2. The summed E-state index contributed by atoms with van der Waals surface area (Å²) in [6.07, 6.45) is 7.73. The molecule has 2 rings (SSSR count). The van der Waals surface area contributed by atoms with Gasteiger partial charge in [-0.15, -0.1) is 0 Å². The van der Waals surface area contributed by atoms with Gasteiger partial charge in [0.05, 0.1) is 4.92 Å². The number of nitro benzene ring substituents is 1. The summed E-state index contributed by atoms with van der Waals surface area (Å²) in [6, 6.07) is 3.04. The van der Waals surface area contributed by atoms with Crippen LogP contribution in [0, 0.1) is 10.1 Å². The average Bonchev–Trinajstić information content (AvgIpc) is 3.17. The van der Waals surface area contributed by atoms with Crippen LogP contribution in [0.15, 0.2) is 54.7 Å². The van der Waals surface area contributed by atoms with Crippen LogP contribution in [0.1, 0.15) is 45.4 Å². The van der Waals surface area contributed by atoms with Gasteiger partial charge in [0.2, 0.25) is 0 Å². The summed E-state index contributed by atoms with van der Waals surface area (Å²) in [6.45, 7) is 7.59. The Morgan fingerprint density at radius 3 is 2.31 bits per heavy atom. The van der Waals surface area contributed by atoms with Crippen molar-refractivity contribution in [1.82, 2.24) is 4.98 Å². The molecule has 0 spiro atoms. The lowest BCUT2D eigenvalue weighted by atomic mass is 10.1. The molecular weight excluding hydrogens is 441 g/mol. The minimum absolute atomic E-state index is 0.0818. The zero-order chi connectivity index (χ0) is 24.4. The summed E-state index contributed by atoms with van der Waals surface area (Å²) < 4.78 is 39.4. The van der Waals surface area contributed by atoms with Crippen LogP contribution >= 0.6 is 11.8 Å². The van der Waals surface area contributed by atoms with Gasteiger partial charge in [0.1, 0.15) is 11.2 Å². The summed E-state index contributed by atoms with van der Waals surface area (Å²) in [4.78, 5) is 12.8. The number of halogens is 3. The number of aromatic amines is 1. The lowest BCUT2D eigenvalue weighted by Crippen LogP contribution is -2.24. The van der Waals surface area contributed by atoms with Crippen molar-refractivity contribution in [2.24, 2.45) is 0 Å². The summed E-state index contributed by atoms with van der Waals surface area (Å²) in [5, 5.41) is 22.0. The van der Waals surface area contributed by atoms with E-state index in [4.69, 9.17) is 0 Å². The number of hydrogen-bond acceptors (Lipinski definition) is 4. The zero-order valence-corrected chi connectivity index (χ0v) is 19.4. The molecule has 1 atom stereocenters. The zero-order valence-electron chi connectivity index (χ0n) is 18.6. The molecule has 0 aliphatic carbocycles. The molecule has 1 unspecified atom stereocenters. The number of nitrogens with one attached hydrogen (secondary N) is 1. The number of rotatable bonds is 9. The Morgan fingerprint density at radius 2 is 1.75 bits per heavy atom. The van der Waals surface area contributed by atoms with Crippen LogP contribution in [0.5, 0.6) is 0 Å². The molecule has 0 bridgehead atoms. The lowest BCUT2D eigenvalue weighted by Gasteiger charge is -2.21. The summed E-state index contributed by atoms with van der Waals surface area (Å²) in [5.74, 6) is 0.930. The van der Waals surface area contributed by atoms with Gasteiger partial charge < -0.3 is 10.1 Å². The van der Waals surface area contributed by atoms with Crippen molar-refractivity contribution in [2.45, 2.75) is 45.9 Å². The van der Waals surface area contributed by atoms with Crippen molar-refractivity contribution < 1.29 is 23.2 Å². The molecule has 0 fully saturated rings. The molecule has 0 saturated heterocycles. The van der Waals surface area contributed by atoms with Crippen LogP contribution in [-0.4, -0.2) is 26.5 Å². The van der Waals surface area contributed by atoms with E-state index in [-0.39, 0.29) is 16.7 Å². The Labute approximate surface area is 190 Å². The first-order chi connectivity index (χ1) is 15.1. The molecule has 2 aromatic rings. The van der Waals surface area contributed by atoms with E-state index in [1.807, 2.05) is 57.2 Å². The number of aromatic nitrogens is 1. The highest BCUT2D eigenvalue weighted by Gasteiger charge is 2.39. The first-order valence-corrected chi connectivity index (χ1v) is 11.4. The quantitative estimate of drug-likeness (QED) is 0.177. The molecule has 176 valence electrons. The molecule has 9 heteroatoms. The molecular formula is C23H29F3N2O3S. The van der Waals surface area contributed by atoms with Crippen molar-refractivity contribution in [3.05, 3.63) is 76.0 Å². The molecule has 1 aromatic heterocycles. The number of alkyl halides is 3. The van der Waals surface area contributed by atoms with Gasteiger partial charge >= 0.3 is 6.18 Å². The fourth-order valence-corrected chi connectivity index (χ4v) is 3.64. The molecule has 32 heavy (non-hydrogen) atoms. The standard InChI is InChI=1S/C21H23F3N2O3S.C2H6/c1-3-4-5-6-7-8-9-10-30-14-20(2,27)19-12-15-11-18(26(28)29)16(21(22,23)24)13-17(15)25-19;1-2/h4-9,11-13,25,27H,3,10,14H2,1-2H3;1-2H3/b5-4-,7-6-,9-8+;. The largest absolute Gasteiger partial charge is 0.423 e. The highest BCUT2D eigenvalue weighted by molar-refractivity contribution is 7.99. The van der Waals surface area contributed by atoms with Gasteiger partial charge in [-0.25, -0.2) is 0 Å². The monoisotopic (exact) mass is 470 g/mol. The van der Waals surface area contributed by atoms with Crippen molar-refractivity contribution in [2.75, 3.05) is 11.5 Å². The Balaban J connectivity index is 0.00000249. The second-order valence-electron chi connectivity index (χ2n) is 6.83.